The number of rotatable bonds is 2. The first-order valence-electron chi connectivity index (χ1n) is 7.35. The van der Waals surface area contributed by atoms with Gasteiger partial charge in [0.15, 0.2) is 0 Å². The lowest BCUT2D eigenvalue weighted by Crippen LogP contribution is -2.46. The molecular formula is C15H18N2O4S. The second-order valence-corrected chi connectivity index (χ2v) is 7.73. The van der Waals surface area contributed by atoms with E-state index < -0.39 is 22.5 Å². The highest BCUT2D eigenvalue weighted by Gasteiger charge is 2.42. The largest absolute Gasteiger partial charge is 0.341 e. The lowest BCUT2D eigenvalue weighted by atomic mass is 10.0. The average Bonchev–Trinajstić information content (AvgIpc) is 2.69. The monoisotopic (exact) mass is 322 g/mol. The molecule has 0 saturated carbocycles. The molecule has 0 aromatic heterocycles. The van der Waals surface area contributed by atoms with E-state index >= 15 is 0 Å². The molecule has 2 aliphatic rings. The number of benzene rings is 1. The normalized spacial score (nSPS) is 23.5. The molecule has 0 spiro atoms. The van der Waals surface area contributed by atoms with Crippen LogP contribution >= 0.6 is 0 Å². The fourth-order valence-electron chi connectivity index (χ4n) is 3.03. The van der Waals surface area contributed by atoms with E-state index in [9.17, 15) is 18.0 Å². The topological polar surface area (TPSA) is 74.8 Å². The van der Waals surface area contributed by atoms with Gasteiger partial charge in [-0.2, -0.15) is 0 Å². The number of fused-ring (bicyclic) bond motifs is 1. The van der Waals surface area contributed by atoms with E-state index in [1.807, 2.05) is 0 Å². The minimum atomic E-state index is -3.91. The smallest absolute Gasteiger partial charge is 0.269 e. The van der Waals surface area contributed by atoms with Crippen molar-refractivity contribution in [1.29, 1.82) is 0 Å². The van der Waals surface area contributed by atoms with Crippen molar-refractivity contribution in [3.8, 4) is 0 Å². The molecule has 0 N–H and O–H groups in total. The van der Waals surface area contributed by atoms with Crippen molar-refractivity contribution in [2.45, 2.75) is 24.7 Å². The number of carbonyl (C=O) groups excluding carboxylic acids is 2. The highest BCUT2D eigenvalue weighted by Crippen LogP contribution is 2.30. The molecule has 1 fully saturated rings. The van der Waals surface area contributed by atoms with Crippen LogP contribution < -0.4 is 0 Å². The molecule has 1 saturated heterocycles. The fraction of sp³-hybridized carbons (Fsp3) is 0.467. The predicted molar refractivity (Wildman–Crippen MR) is 79.6 cm³/mol. The molecule has 0 radical (unpaired) electrons. The molecule has 0 aliphatic carbocycles. The van der Waals surface area contributed by atoms with Crippen LogP contribution in [0.15, 0.2) is 29.2 Å². The second-order valence-electron chi connectivity index (χ2n) is 5.90. The third-order valence-electron chi connectivity index (χ3n) is 4.20. The van der Waals surface area contributed by atoms with E-state index in [0.717, 1.165) is 12.8 Å². The molecule has 2 aliphatic heterocycles. The third kappa shape index (κ3) is 2.39. The minimum absolute atomic E-state index is 0.0141. The molecule has 118 valence electrons. The van der Waals surface area contributed by atoms with Crippen LogP contribution in [0.5, 0.6) is 0 Å². The number of hydrogen-bond acceptors (Lipinski definition) is 4. The summed E-state index contributed by atoms with van der Waals surface area (Å²) in [6.07, 6.45) is 1.98. The highest BCUT2D eigenvalue weighted by molar-refractivity contribution is 7.90. The van der Waals surface area contributed by atoms with Gasteiger partial charge in [0.1, 0.15) is 11.4 Å². The summed E-state index contributed by atoms with van der Waals surface area (Å²) in [5.41, 5.74) is 0.141. The zero-order chi connectivity index (χ0) is 15.9. The van der Waals surface area contributed by atoms with Gasteiger partial charge >= 0.3 is 0 Å². The van der Waals surface area contributed by atoms with Crippen molar-refractivity contribution in [3.05, 3.63) is 29.8 Å². The van der Waals surface area contributed by atoms with Crippen molar-refractivity contribution in [3.63, 3.8) is 0 Å². The first-order chi connectivity index (χ1) is 10.4. The maximum absolute atomic E-state index is 12.4. The molecule has 1 aromatic rings. The van der Waals surface area contributed by atoms with Crippen LogP contribution in [0.2, 0.25) is 0 Å². The van der Waals surface area contributed by atoms with Crippen LogP contribution in [0.4, 0.5) is 0 Å². The Balaban J connectivity index is 1.82. The Morgan fingerprint density at radius 2 is 2.05 bits per heavy atom. The van der Waals surface area contributed by atoms with Crippen LogP contribution in [-0.4, -0.2) is 49.1 Å². The number of nitrogens with zero attached hydrogens (tertiary/aromatic N) is 2. The Morgan fingerprint density at radius 1 is 1.32 bits per heavy atom. The van der Waals surface area contributed by atoms with Gasteiger partial charge in [0.25, 0.3) is 15.9 Å². The van der Waals surface area contributed by atoms with Crippen LogP contribution in [0.25, 0.3) is 0 Å². The van der Waals surface area contributed by atoms with Crippen LogP contribution in [-0.2, 0) is 14.8 Å². The summed E-state index contributed by atoms with van der Waals surface area (Å²) in [6.45, 7) is 2.89. The van der Waals surface area contributed by atoms with Gasteiger partial charge in [0, 0.05) is 13.1 Å². The van der Waals surface area contributed by atoms with Crippen LogP contribution in [0.1, 0.15) is 30.1 Å². The molecule has 2 heterocycles. The number of piperidine rings is 1. The molecule has 0 bridgehead atoms. The van der Waals surface area contributed by atoms with Crippen molar-refractivity contribution in [1.82, 2.24) is 9.21 Å². The first-order valence-corrected chi connectivity index (χ1v) is 8.79. The summed E-state index contributed by atoms with van der Waals surface area (Å²) in [4.78, 5) is 26.3. The van der Waals surface area contributed by atoms with Gasteiger partial charge in [-0.05, 0) is 30.9 Å². The summed E-state index contributed by atoms with van der Waals surface area (Å²) < 4.78 is 25.5. The zero-order valence-corrected chi connectivity index (χ0v) is 13.2. The standard InChI is InChI=1S/C15H18N2O4S/c1-11-5-4-8-16(9-11)14(18)10-17-15(19)12-6-2-3-7-13(12)22(17,20)21/h2-3,6-7,11H,4-5,8-10H2,1H3. The van der Waals surface area contributed by atoms with Gasteiger partial charge in [-0.15, -0.1) is 0 Å². The second kappa shape index (κ2) is 5.39. The third-order valence-corrected chi connectivity index (χ3v) is 5.99. The van der Waals surface area contributed by atoms with Crippen molar-refractivity contribution >= 4 is 21.8 Å². The molecule has 1 unspecified atom stereocenters. The van der Waals surface area contributed by atoms with E-state index in [-0.39, 0.29) is 16.4 Å². The quantitative estimate of drug-likeness (QED) is 0.817. The minimum Gasteiger partial charge on any atom is -0.341 e. The maximum Gasteiger partial charge on any atom is 0.269 e. The van der Waals surface area contributed by atoms with Gasteiger partial charge in [-0.3, -0.25) is 9.59 Å². The van der Waals surface area contributed by atoms with Gasteiger partial charge < -0.3 is 4.90 Å². The number of hydrogen-bond donors (Lipinski definition) is 0. The molecule has 22 heavy (non-hydrogen) atoms. The Hall–Kier alpha value is -1.89. The number of amides is 2. The molecule has 3 rings (SSSR count). The molecule has 6 nitrogen and oxygen atoms in total. The summed E-state index contributed by atoms with van der Waals surface area (Å²) in [7, 11) is -3.91. The summed E-state index contributed by atoms with van der Waals surface area (Å²) >= 11 is 0. The summed E-state index contributed by atoms with van der Waals surface area (Å²) in [5.74, 6) is -0.522. The average molecular weight is 322 g/mol. The highest BCUT2D eigenvalue weighted by atomic mass is 32.2. The van der Waals surface area contributed by atoms with E-state index in [1.165, 1.54) is 12.1 Å². The zero-order valence-electron chi connectivity index (χ0n) is 12.4. The van der Waals surface area contributed by atoms with E-state index in [2.05, 4.69) is 6.92 Å². The Labute approximate surface area is 129 Å². The van der Waals surface area contributed by atoms with E-state index in [4.69, 9.17) is 0 Å². The summed E-state index contributed by atoms with van der Waals surface area (Å²) in [6, 6.07) is 6.06. The number of carbonyl (C=O) groups is 2. The Kier molecular flexibility index (Phi) is 3.68. The first kappa shape index (κ1) is 15.0. The van der Waals surface area contributed by atoms with Gasteiger partial charge in [0.05, 0.1) is 5.56 Å². The maximum atomic E-state index is 12.4. The van der Waals surface area contributed by atoms with Gasteiger partial charge in [0.2, 0.25) is 5.91 Å². The van der Waals surface area contributed by atoms with Gasteiger partial charge in [-0.1, -0.05) is 19.1 Å². The van der Waals surface area contributed by atoms with E-state index in [1.54, 1.807) is 17.0 Å². The predicted octanol–water partition coefficient (Wildman–Crippen LogP) is 1.09. The lowest BCUT2D eigenvalue weighted by molar-refractivity contribution is -0.132. The number of sulfonamides is 1. The molecule has 2 amide bonds. The molecular weight excluding hydrogens is 304 g/mol. The molecule has 7 heteroatoms. The molecule has 1 atom stereocenters. The van der Waals surface area contributed by atoms with Crippen LogP contribution in [0, 0.1) is 5.92 Å². The Bertz CT molecular complexity index is 729. The Morgan fingerprint density at radius 3 is 2.73 bits per heavy atom. The summed E-state index contributed by atoms with van der Waals surface area (Å²) in [5, 5.41) is 0. The number of likely N-dealkylation sites (tertiary alicyclic amines) is 1. The molecule has 1 aromatic carbocycles. The van der Waals surface area contributed by atoms with Crippen LogP contribution in [0.3, 0.4) is 0 Å². The van der Waals surface area contributed by atoms with E-state index in [0.29, 0.717) is 23.3 Å². The van der Waals surface area contributed by atoms with Crippen molar-refractivity contribution < 1.29 is 18.0 Å². The van der Waals surface area contributed by atoms with Crippen molar-refractivity contribution in [2.75, 3.05) is 19.6 Å². The fourth-order valence-corrected chi connectivity index (χ4v) is 4.54. The lowest BCUT2D eigenvalue weighted by Gasteiger charge is -2.31. The van der Waals surface area contributed by atoms with Crippen molar-refractivity contribution in [2.24, 2.45) is 5.92 Å². The SMILES string of the molecule is CC1CCCN(C(=O)CN2C(=O)c3ccccc3S2(=O)=O)C1. The van der Waals surface area contributed by atoms with Gasteiger partial charge in [-0.25, -0.2) is 12.7 Å².